The maximum atomic E-state index is 12.8. The van der Waals surface area contributed by atoms with E-state index in [0.29, 0.717) is 18.7 Å². The Balaban J connectivity index is 1.35. The van der Waals surface area contributed by atoms with Gasteiger partial charge in [0.05, 0.1) is 18.7 Å². The van der Waals surface area contributed by atoms with Crippen LogP contribution in [0.5, 0.6) is 5.88 Å². The second-order valence-electron chi connectivity index (χ2n) is 6.77. The molecule has 4 nitrogen and oxygen atoms in total. The molecule has 0 aliphatic carbocycles. The lowest BCUT2D eigenvalue weighted by Crippen LogP contribution is -2.56. The number of aromatic nitrogens is 1. The molecule has 29 heavy (non-hydrogen) atoms. The SMILES string of the molecule is O=C(c1ccc(-c2ccccc2)cc1)N1CC(Oc2cc(C(F)(F)F)ccn2)C1. The van der Waals surface area contributed by atoms with Crippen molar-refractivity contribution in [3.8, 4) is 17.0 Å². The van der Waals surface area contributed by atoms with Crippen LogP contribution in [0.4, 0.5) is 13.2 Å². The number of pyridine rings is 1. The van der Waals surface area contributed by atoms with Crippen molar-refractivity contribution >= 4 is 5.91 Å². The Hall–Kier alpha value is -3.35. The normalized spacial score (nSPS) is 14.4. The predicted molar refractivity (Wildman–Crippen MR) is 101 cm³/mol. The Bertz CT molecular complexity index is 999. The first-order valence-corrected chi connectivity index (χ1v) is 9.05. The second-order valence-corrected chi connectivity index (χ2v) is 6.77. The molecule has 0 saturated carbocycles. The van der Waals surface area contributed by atoms with Crippen molar-refractivity contribution in [1.29, 1.82) is 0 Å². The molecule has 4 rings (SSSR count). The molecule has 0 bridgehead atoms. The highest BCUT2D eigenvalue weighted by Crippen LogP contribution is 2.31. The summed E-state index contributed by atoms with van der Waals surface area (Å²) in [5.74, 6) is -0.231. The average Bonchev–Trinajstić information content (AvgIpc) is 2.70. The molecular weight excluding hydrogens is 381 g/mol. The first-order valence-electron chi connectivity index (χ1n) is 9.05. The van der Waals surface area contributed by atoms with Crippen LogP contribution in [0.15, 0.2) is 72.9 Å². The number of ether oxygens (including phenoxy) is 1. The van der Waals surface area contributed by atoms with Gasteiger partial charge < -0.3 is 9.64 Å². The van der Waals surface area contributed by atoms with Crippen LogP contribution in [-0.2, 0) is 6.18 Å². The number of hydrogen-bond donors (Lipinski definition) is 0. The average molecular weight is 398 g/mol. The molecule has 0 unspecified atom stereocenters. The molecule has 1 amide bonds. The van der Waals surface area contributed by atoms with Gasteiger partial charge in [-0.2, -0.15) is 13.2 Å². The largest absolute Gasteiger partial charge is 0.471 e. The molecule has 1 aliphatic heterocycles. The van der Waals surface area contributed by atoms with E-state index in [1.165, 1.54) is 0 Å². The molecule has 7 heteroatoms. The summed E-state index contributed by atoms with van der Waals surface area (Å²) < 4.78 is 43.7. The van der Waals surface area contributed by atoms with Crippen molar-refractivity contribution in [3.05, 3.63) is 84.1 Å². The van der Waals surface area contributed by atoms with E-state index in [2.05, 4.69) is 4.98 Å². The summed E-state index contributed by atoms with van der Waals surface area (Å²) in [5.41, 5.74) is 1.83. The number of rotatable bonds is 4. The van der Waals surface area contributed by atoms with Crippen molar-refractivity contribution in [2.24, 2.45) is 0 Å². The summed E-state index contributed by atoms with van der Waals surface area (Å²) in [5, 5.41) is 0. The van der Waals surface area contributed by atoms with Gasteiger partial charge in [0.1, 0.15) is 6.10 Å². The van der Waals surface area contributed by atoms with Gasteiger partial charge in [-0.1, -0.05) is 42.5 Å². The summed E-state index contributed by atoms with van der Waals surface area (Å²) >= 11 is 0. The van der Waals surface area contributed by atoms with Crippen LogP contribution in [0, 0.1) is 0 Å². The fourth-order valence-corrected chi connectivity index (χ4v) is 3.12. The van der Waals surface area contributed by atoms with E-state index in [1.807, 2.05) is 42.5 Å². The number of alkyl halides is 3. The van der Waals surface area contributed by atoms with Crippen LogP contribution in [-0.4, -0.2) is 35.0 Å². The zero-order valence-corrected chi connectivity index (χ0v) is 15.3. The van der Waals surface area contributed by atoms with Gasteiger partial charge in [0.15, 0.2) is 0 Å². The molecular formula is C22H17F3N2O2. The monoisotopic (exact) mass is 398 g/mol. The molecule has 148 valence electrons. The third-order valence-corrected chi connectivity index (χ3v) is 4.72. The van der Waals surface area contributed by atoms with E-state index in [1.54, 1.807) is 17.0 Å². The van der Waals surface area contributed by atoms with Crippen LogP contribution in [0.1, 0.15) is 15.9 Å². The number of carbonyl (C=O) groups excluding carboxylic acids is 1. The Labute approximate surface area is 165 Å². The van der Waals surface area contributed by atoms with Crippen molar-refractivity contribution < 1.29 is 22.7 Å². The van der Waals surface area contributed by atoms with Gasteiger partial charge in [0.25, 0.3) is 5.91 Å². The minimum Gasteiger partial charge on any atom is -0.471 e. The lowest BCUT2D eigenvalue weighted by Gasteiger charge is -2.38. The highest BCUT2D eigenvalue weighted by Gasteiger charge is 2.34. The lowest BCUT2D eigenvalue weighted by atomic mass is 10.0. The number of carbonyl (C=O) groups is 1. The van der Waals surface area contributed by atoms with Gasteiger partial charge in [-0.25, -0.2) is 4.98 Å². The van der Waals surface area contributed by atoms with Gasteiger partial charge >= 0.3 is 6.18 Å². The molecule has 0 N–H and O–H groups in total. The summed E-state index contributed by atoms with van der Waals surface area (Å²) in [4.78, 5) is 18.0. The number of halogens is 3. The highest BCUT2D eigenvalue weighted by molar-refractivity contribution is 5.95. The molecule has 1 fully saturated rings. The fourth-order valence-electron chi connectivity index (χ4n) is 3.12. The first-order chi connectivity index (χ1) is 13.9. The Morgan fingerprint density at radius 1 is 0.966 bits per heavy atom. The maximum Gasteiger partial charge on any atom is 0.416 e. The zero-order valence-electron chi connectivity index (χ0n) is 15.3. The van der Waals surface area contributed by atoms with Crippen molar-refractivity contribution in [3.63, 3.8) is 0 Å². The summed E-state index contributed by atoms with van der Waals surface area (Å²) in [6.45, 7) is 0.606. The van der Waals surface area contributed by atoms with Gasteiger partial charge in [-0.15, -0.1) is 0 Å². The molecule has 3 aromatic rings. The van der Waals surface area contributed by atoms with E-state index < -0.39 is 11.7 Å². The number of benzene rings is 2. The van der Waals surface area contributed by atoms with E-state index in [9.17, 15) is 18.0 Å². The van der Waals surface area contributed by atoms with Crippen molar-refractivity contribution in [1.82, 2.24) is 9.88 Å². The van der Waals surface area contributed by atoms with E-state index in [0.717, 1.165) is 29.5 Å². The highest BCUT2D eigenvalue weighted by atomic mass is 19.4. The van der Waals surface area contributed by atoms with Crippen LogP contribution < -0.4 is 4.74 Å². The lowest BCUT2D eigenvalue weighted by molar-refractivity contribution is -0.137. The third kappa shape index (κ3) is 4.23. The van der Waals surface area contributed by atoms with Gasteiger partial charge in [0.2, 0.25) is 5.88 Å². The minimum absolute atomic E-state index is 0.0934. The van der Waals surface area contributed by atoms with Gasteiger partial charge in [0, 0.05) is 17.8 Å². The fraction of sp³-hybridized carbons (Fsp3) is 0.182. The minimum atomic E-state index is -4.45. The van der Waals surface area contributed by atoms with E-state index >= 15 is 0 Å². The summed E-state index contributed by atoms with van der Waals surface area (Å²) in [6, 6.07) is 18.9. The second kappa shape index (κ2) is 7.58. The first kappa shape index (κ1) is 19.0. The molecule has 1 aliphatic rings. The summed E-state index contributed by atoms with van der Waals surface area (Å²) in [7, 11) is 0. The van der Waals surface area contributed by atoms with E-state index in [-0.39, 0.29) is 17.9 Å². The van der Waals surface area contributed by atoms with Crippen LogP contribution >= 0.6 is 0 Å². The topological polar surface area (TPSA) is 42.4 Å². The Morgan fingerprint density at radius 2 is 1.62 bits per heavy atom. The van der Waals surface area contributed by atoms with Gasteiger partial charge in [-0.05, 0) is 29.3 Å². The standard InChI is InChI=1S/C22H17F3N2O2/c23-22(24,25)18-10-11-26-20(12-18)29-19-13-27(14-19)21(28)17-8-6-16(7-9-17)15-4-2-1-3-5-15/h1-12,19H,13-14H2. The van der Waals surface area contributed by atoms with E-state index in [4.69, 9.17) is 4.74 Å². The third-order valence-electron chi connectivity index (χ3n) is 4.72. The molecule has 1 aromatic heterocycles. The molecule has 0 radical (unpaired) electrons. The predicted octanol–water partition coefficient (Wildman–Crippen LogP) is 4.67. The van der Waals surface area contributed by atoms with Crippen LogP contribution in [0.25, 0.3) is 11.1 Å². The quantitative estimate of drug-likeness (QED) is 0.641. The Kier molecular flexibility index (Phi) is 4.96. The van der Waals surface area contributed by atoms with Crippen LogP contribution in [0.3, 0.4) is 0 Å². The number of amides is 1. The van der Waals surface area contributed by atoms with Crippen LogP contribution in [0.2, 0.25) is 0 Å². The molecule has 1 saturated heterocycles. The smallest absolute Gasteiger partial charge is 0.416 e. The Morgan fingerprint density at radius 3 is 2.28 bits per heavy atom. The van der Waals surface area contributed by atoms with Crippen molar-refractivity contribution in [2.45, 2.75) is 12.3 Å². The number of hydrogen-bond acceptors (Lipinski definition) is 3. The van der Waals surface area contributed by atoms with Gasteiger partial charge in [-0.3, -0.25) is 4.79 Å². The molecule has 2 heterocycles. The van der Waals surface area contributed by atoms with Crippen molar-refractivity contribution in [2.75, 3.05) is 13.1 Å². The molecule has 2 aromatic carbocycles. The summed E-state index contributed by atoms with van der Waals surface area (Å²) in [6.07, 6.45) is -3.76. The number of nitrogens with zero attached hydrogens (tertiary/aromatic N) is 2. The number of likely N-dealkylation sites (tertiary alicyclic amines) is 1. The molecule has 0 atom stereocenters. The molecule has 0 spiro atoms. The maximum absolute atomic E-state index is 12.8. The zero-order chi connectivity index (χ0) is 20.4.